The van der Waals surface area contributed by atoms with Gasteiger partial charge in [-0.05, 0) is 43.5 Å². The first-order valence-electron chi connectivity index (χ1n) is 5.99. The monoisotopic (exact) mass is 296 g/mol. The second-order valence-electron chi connectivity index (χ2n) is 4.54. The predicted octanol–water partition coefficient (Wildman–Crippen LogP) is 3.82. The lowest BCUT2D eigenvalue weighted by molar-refractivity contribution is 0.248. The average Bonchev–Trinajstić information content (AvgIpc) is 2.76. The van der Waals surface area contributed by atoms with Crippen molar-refractivity contribution >= 4 is 27.6 Å². The molecule has 0 heterocycles. The summed E-state index contributed by atoms with van der Waals surface area (Å²) in [7, 11) is 0. The average molecular weight is 297 g/mol. The molecule has 0 saturated heterocycles. The highest BCUT2D eigenvalue weighted by Gasteiger charge is 2.16. The van der Waals surface area contributed by atoms with E-state index in [9.17, 15) is 4.79 Å². The van der Waals surface area contributed by atoms with Crippen molar-refractivity contribution in [1.29, 1.82) is 0 Å². The lowest BCUT2D eigenvalue weighted by Crippen LogP contribution is -2.36. The lowest BCUT2D eigenvalue weighted by Gasteiger charge is -2.13. The van der Waals surface area contributed by atoms with E-state index < -0.39 is 0 Å². The Bertz CT molecular complexity index is 414. The topological polar surface area (TPSA) is 41.1 Å². The Morgan fingerprint density at radius 3 is 2.71 bits per heavy atom. The second kappa shape index (κ2) is 5.54. The number of carbonyl (C=O) groups is 1. The molecule has 2 N–H and O–H groups in total. The quantitative estimate of drug-likeness (QED) is 0.856. The minimum absolute atomic E-state index is 0.0985. The third kappa shape index (κ3) is 3.46. The maximum atomic E-state index is 11.7. The van der Waals surface area contributed by atoms with Crippen molar-refractivity contribution in [3.63, 3.8) is 0 Å². The molecule has 0 radical (unpaired) electrons. The van der Waals surface area contributed by atoms with Crippen molar-refractivity contribution in [2.24, 2.45) is 0 Å². The summed E-state index contributed by atoms with van der Waals surface area (Å²) in [6.45, 7) is 2.00. The van der Waals surface area contributed by atoms with Crippen molar-refractivity contribution in [3.8, 4) is 0 Å². The Balaban J connectivity index is 1.90. The maximum Gasteiger partial charge on any atom is 0.319 e. The molecular weight excluding hydrogens is 280 g/mol. The third-order valence-corrected chi connectivity index (χ3v) is 4.00. The third-order valence-electron chi connectivity index (χ3n) is 3.11. The van der Waals surface area contributed by atoms with Gasteiger partial charge in [0.2, 0.25) is 0 Å². The van der Waals surface area contributed by atoms with Gasteiger partial charge in [-0.25, -0.2) is 4.79 Å². The molecule has 2 amide bonds. The molecule has 0 aliphatic heterocycles. The zero-order chi connectivity index (χ0) is 12.3. The summed E-state index contributed by atoms with van der Waals surface area (Å²) in [5, 5.41) is 5.87. The Morgan fingerprint density at radius 2 is 2.06 bits per heavy atom. The fourth-order valence-corrected chi connectivity index (χ4v) is 2.39. The van der Waals surface area contributed by atoms with Gasteiger partial charge < -0.3 is 10.6 Å². The van der Waals surface area contributed by atoms with Crippen LogP contribution in [0.3, 0.4) is 0 Å². The minimum atomic E-state index is -0.0985. The first-order valence-corrected chi connectivity index (χ1v) is 6.78. The summed E-state index contributed by atoms with van der Waals surface area (Å²) in [5.41, 5.74) is 1.95. The number of nitrogens with one attached hydrogen (secondary N) is 2. The van der Waals surface area contributed by atoms with Crippen LogP contribution in [0.1, 0.15) is 31.2 Å². The van der Waals surface area contributed by atoms with E-state index in [1.165, 1.54) is 12.8 Å². The van der Waals surface area contributed by atoms with Gasteiger partial charge in [0.05, 0.1) is 0 Å². The number of aryl methyl sites for hydroxylation is 1. The molecule has 17 heavy (non-hydrogen) atoms. The van der Waals surface area contributed by atoms with Crippen molar-refractivity contribution < 1.29 is 4.79 Å². The van der Waals surface area contributed by atoms with Crippen LogP contribution in [0.25, 0.3) is 0 Å². The summed E-state index contributed by atoms with van der Waals surface area (Å²) in [6, 6.07) is 6.05. The van der Waals surface area contributed by atoms with Crippen molar-refractivity contribution in [2.75, 3.05) is 5.32 Å². The van der Waals surface area contributed by atoms with Gasteiger partial charge in [-0.3, -0.25) is 0 Å². The summed E-state index contributed by atoms with van der Waals surface area (Å²) in [4.78, 5) is 11.7. The largest absolute Gasteiger partial charge is 0.335 e. The molecule has 92 valence electrons. The van der Waals surface area contributed by atoms with Crippen LogP contribution in [0.2, 0.25) is 0 Å². The van der Waals surface area contributed by atoms with E-state index in [0.717, 1.165) is 28.6 Å². The summed E-state index contributed by atoms with van der Waals surface area (Å²) >= 11 is 3.44. The molecule has 0 spiro atoms. The SMILES string of the molecule is Cc1cc(NC(=O)NC2CCCC2)ccc1Br. The van der Waals surface area contributed by atoms with E-state index in [2.05, 4.69) is 26.6 Å². The van der Waals surface area contributed by atoms with Crippen LogP contribution in [0.15, 0.2) is 22.7 Å². The molecular formula is C13H17BrN2O. The van der Waals surface area contributed by atoms with Gasteiger partial charge in [0.15, 0.2) is 0 Å². The standard InChI is InChI=1S/C13H17BrN2O/c1-9-8-11(6-7-12(9)14)16-13(17)15-10-4-2-3-5-10/h6-8,10H,2-5H2,1H3,(H2,15,16,17). The maximum absolute atomic E-state index is 11.7. The number of rotatable bonds is 2. The number of carbonyl (C=O) groups excluding carboxylic acids is 1. The second-order valence-corrected chi connectivity index (χ2v) is 5.40. The first kappa shape index (κ1) is 12.4. The molecule has 0 aromatic heterocycles. The van der Waals surface area contributed by atoms with Gasteiger partial charge in [0, 0.05) is 16.2 Å². The van der Waals surface area contributed by atoms with E-state index >= 15 is 0 Å². The molecule has 2 rings (SSSR count). The fourth-order valence-electron chi connectivity index (χ4n) is 2.15. The molecule has 3 nitrogen and oxygen atoms in total. The summed E-state index contributed by atoms with van der Waals surface area (Å²) in [6.07, 6.45) is 4.66. The van der Waals surface area contributed by atoms with Gasteiger partial charge in [0.25, 0.3) is 0 Å². The number of anilines is 1. The summed E-state index contributed by atoms with van der Waals surface area (Å²) < 4.78 is 1.05. The van der Waals surface area contributed by atoms with Crippen LogP contribution in [-0.4, -0.2) is 12.1 Å². The van der Waals surface area contributed by atoms with Crippen molar-refractivity contribution in [3.05, 3.63) is 28.2 Å². The Morgan fingerprint density at radius 1 is 1.35 bits per heavy atom. The molecule has 1 aromatic carbocycles. The first-order chi connectivity index (χ1) is 8.15. The Hall–Kier alpha value is -1.03. The molecule has 1 aromatic rings. The van der Waals surface area contributed by atoms with Crippen LogP contribution in [0.5, 0.6) is 0 Å². The number of urea groups is 1. The van der Waals surface area contributed by atoms with E-state index in [0.29, 0.717) is 6.04 Å². The number of halogens is 1. The molecule has 0 atom stereocenters. The highest BCUT2D eigenvalue weighted by molar-refractivity contribution is 9.10. The molecule has 1 saturated carbocycles. The number of hydrogen-bond acceptors (Lipinski definition) is 1. The molecule has 0 unspecified atom stereocenters. The van der Waals surface area contributed by atoms with Gasteiger partial charge >= 0.3 is 6.03 Å². The Labute approximate surface area is 110 Å². The fraction of sp³-hybridized carbons (Fsp3) is 0.462. The molecule has 1 aliphatic rings. The molecule has 0 bridgehead atoms. The van der Waals surface area contributed by atoms with E-state index in [1.54, 1.807) is 0 Å². The van der Waals surface area contributed by atoms with E-state index in [-0.39, 0.29) is 6.03 Å². The van der Waals surface area contributed by atoms with Gasteiger partial charge in [0.1, 0.15) is 0 Å². The highest BCUT2D eigenvalue weighted by Crippen LogP contribution is 2.20. The van der Waals surface area contributed by atoms with Gasteiger partial charge in [-0.2, -0.15) is 0 Å². The van der Waals surface area contributed by atoms with E-state index in [4.69, 9.17) is 0 Å². The van der Waals surface area contributed by atoms with E-state index in [1.807, 2.05) is 25.1 Å². The minimum Gasteiger partial charge on any atom is -0.335 e. The molecule has 4 heteroatoms. The summed E-state index contributed by atoms with van der Waals surface area (Å²) in [5.74, 6) is 0. The Kier molecular flexibility index (Phi) is 4.05. The number of amides is 2. The predicted molar refractivity (Wildman–Crippen MR) is 73.3 cm³/mol. The smallest absolute Gasteiger partial charge is 0.319 e. The number of benzene rings is 1. The van der Waals surface area contributed by atoms with Crippen LogP contribution in [0.4, 0.5) is 10.5 Å². The molecule has 1 fully saturated rings. The van der Waals surface area contributed by atoms with Crippen molar-refractivity contribution in [2.45, 2.75) is 38.6 Å². The van der Waals surface area contributed by atoms with Crippen LogP contribution < -0.4 is 10.6 Å². The molecule has 1 aliphatic carbocycles. The van der Waals surface area contributed by atoms with Crippen LogP contribution in [0, 0.1) is 6.92 Å². The normalized spacial score (nSPS) is 15.9. The van der Waals surface area contributed by atoms with Gasteiger partial charge in [-0.1, -0.05) is 28.8 Å². The van der Waals surface area contributed by atoms with Crippen LogP contribution >= 0.6 is 15.9 Å². The lowest BCUT2D eigenvalue weighted by atomic mass is 10.2. The number of hydrogen-bond donors (Lipinski definition) is 2. The highest BCUT2D eigenvalue weighted by atomic mass is 79.9. The van der Waals surface area contributed by atoms with Crippen LogP contribution in [-0.2, 0) is 0 Å². The van der Waals surface area contributed by atoms with Crippen molar-refractivity contribution in [1.82, 2.24) is 5.32 Å². The zero-order valence-electron chi connectivity index (χ0n) is 9.92. The zero-order valence-corrected chi connectivity index (χ0v) is 11.5. The van der Waals surface area contributed by atoms with Gasteiger partial charge in [-0.15, -0.1) is 0 Å².